The minimum atomic E-state index is -3.70. The highest BCUT2D eigenvalue weighted by Gasteiger charge is 2.24. The normalized spacial score (nSPS) is 14.4. The number of benzene rings is 1. The second-order valence-corrected chi connectivity index (χ2v) is 9.04. The third-order valence-electron chi connectivity index (χ3n) is 4.50. The van der Waals surface area contributed by atoms with Crippen molar-refractivity contribution in [2.75, 3.05) is 11.4 Å². The topological polar surface area (TPSA) is 94.1 Å². The summed E-state index contributed by atoms with van der Waals surface area (Å²) >= 11 is 1.10. The number of sulfonamides is 1. The van der Waals surface area contributed by atoms with Crippen LogP contribution in [0, 0.1) is 0 Å². The van der Waals surface area contributed by atoms with Crippen LogP contribution in [0.2, 0.25) is 0 Å². The smallest absolute Gasteiger partial charge is 0.249 e. The molecule has 1 aliphatic heterocycles. The molecule has 1 aliphatic rings. The highest BCUT2D eigenvalue weighted by Crippen LogP contribution is 2.29. The first-order valence-corrected chi connectivity index (χ1v) is 10.7. The van der Waals surface area contributed by atoms with Gasteiger partial charge in [0.25, 0.3) is 0 Å². The molecule has 1 aromatic carbocycles. The van der Waals surface area contributed by atoms with Gasteiger partial charge in [0.2, 0.25) is 10.0 Å². The summed E-state index contributed by atoms with van der Waals surface area (Å²) in [7, 11) is -3.70. The van der Waals surface area contributed by atoms with E-state index in [1.165, 1.54) is 17.5 Å². The molecule has 0 spiro atoms. The van der Waals surface area contributed by atoms with Crippen molar-refractivity contribution in [2.24, 2.45) is 5.14 Å². The average Bonchev–Trinajstić information content (AvgIpc) is 3.27. The predicted molar refractivity (Wildman–Crippen MR) is 101 cm³/mol. The number of thiazole rings is 1. The van der Waals surface area contributed by atoms with Crippen LogP contribution in [0.5, 0.6) is 0 Å². The number of imidazole rings is 1. The van der Waals surface area contributed by atoms with E-state index in [2.05, 4.69) is 43.7 Å². The van der Waals surface area contributed by atoms with Gasteiger partial charge in [0.15, 0.2) is 9.34 Å². The van der Waals surface area contributed by atoms with Crippen LogP contribution in [0.1, 0.15) is 17.0 Å². The molecule has 2 aromatic heterocycles. The molecule has 9 heteroatoms. The van der Waals surface area contributed by atoms with E-state index in [0.29, 0.717) is 11.7 Å². The number of hydrogen-bond donors (Lipinski definition) is 1. The van der Waals surface area contributed by atoms with Crippen LogP contribution in [0.3, 0.4) is 0 Å². The highest BCUT2D eigenvalue weighted by molar-refractivity contribution is 7.91. The molecular weight excluding hydrogens is 370 g/mol. The second-order valence-electron chi connectivity index (χ2n) is 6.25. The van der Waals surface area contributed by atoms with Crippen molar-refractivity contribution in [1.29, 1.82) is 0 Å². The van der Waals surface area contributed by atoms with Crippen molar-refractivity contribution in [3.63, 3.8) is 0 Å². The van der Waals surface area contributed by atoms with E-state index in [0.717, 1.165) is 43.0 Å². The van der Waals surface area contributed by atoms with Gasteiger partial charge in [-0.2, -0.15) is 0 Å². The van der Waals surface area contributed by atoms with Crippen LogP contribution >= 0.6 is 11.3 Å². The number of nitrogens with two attached hydrogens (primary N) is 1. The van der Waals surface area contributed by atoms with E-state index in [1.54, 1.807) is 0 Å². The standard InChI is InChI=1S/C17H19N5O2S2/c18-26(23,24)16-10-19-17(25-16)21-9-7-15-14(11-21)20-12-22(15)8-6-13-4-2-1-3-5-13/h1-5,10,12H,6-9,11H2,(H2,18,23,24). The van der Waals surface area contributed by atoms with Crippen molar-refractivity contribution in [2.45, 2.75) is 30.1 Å². The van der Waals surface area contributed by atoms with Crippen LogP contribution in [-0.2, 0) is 36.0 Å². The minimum Gasteiger partial charge on any atom is -0.342 e. The molecule has 0 amide bonds. The Labute approximate surface area is 156 Å². The van der Waals surface area contributed by atoms with Crippen LogP contribution in [0.15, 0.2) is 47.1 Å². The van der Waals surface area contributed by atoms with Gasteiger partial charge in [-0.25, -0.2) is 23.5 Å². The van der Waals surface area contributed by atoms with E-state index in [9.17, 15) is 8.42 Å². The zero-order valence-corrected chi connectivity index (χ0v) is 15.7. The molecule has 136 valence electrons. The maximum absolute atomic E-state index is 11.4. The van der Waals surface area contributed by atoms with Gasteiger partial charge >= 0.3 is 0 Å². The Morgan fingerprint density at radius 3 is 2.73 bits per heavy atom. The molecule has 26 heavy (non-hydrogen) atoms. The fraction of sp³-hybridized carbons (Fsp3) is 0.294. The lowest BCUT2D eigenvalue weighted by Crippen LogP contribution is -2.31. The van der Waals surface area contributed by atoms with Gasteiger partial charge in [0.1, 0.15) is 0 Å². The summed E-state index contributed by atoms with van der Waals surface area (Å²) in [5.41, 5.74) is 3.59. The lowest BCUT2D eigenvalue weighted by molar-refractivity contribution is 0.599. The lowest BCUT2D eigenvalue weighted by atomic mass is 10.1. The summed E-state index contributed by atoms with van der Waals surface area (Å²) < 4.78 is 25.2. The summed E-state index contributed by atoms with van der Waals surface area (Å²) in [6.07, 6.45) is 5.05. The maximum Gasteiger partial charge on any atom is 0.249 e. The van der Waals surface area contributed by atoms with Crippen molar-refractivity contribution >= 4 is 26.5 Å². The molecule has 0 unspecified atom stereocenters. The molecule has 3 aromatic rings. The van der Waals surface area contributed by atoms with Gasteiger partial charge in [-0.05, 0) is 12.0 Å². The monoisotopic (exact) mass is 389 g/mol. The Morgan fingerprint density at radius 1 is 1.19 bits per heavy atom. The third-order valence-corrected chi connectivity index (χ3v) is 6.97. The Bertz CT molecular complexity index is 1010. The Balaban J connectivity index is 1.47. The summed E-state index contributed by atoms with van der Waals surface area (Å²) in [6, 6.07) is 10.4. The zero-order chi connectivity index (χ0) is 18.1. The molecule has 0 saturated heterocycles. The van der Waals surface area contributed by atoms with Crippen LogP contribution in [0.4, 0.5) is 5.13 Å². The van der Waals surface area contributed by atoms with Gasteiger partial charge in [0.05, 0.1) is 24.8 Å². The SMILES string of the molecule is NS(=O)(=O)c1cnc(N2CCc3c(ncn3CCc3ccccc3)C2)s1. The Kier molecular flexibility index (Phi) is 4.51. The van der Waals surface area contributed by atoms with Crippen molar-refractivity contribution in [3.05, 3.63) is 59.8 Å². The highest BCUT2D eigenvalue weighted by atomic mass is 32.2. The largest absolute Gasteiger partial charge is 0.342 e. The van der Waals surface area contributed by atoms with E-state index in [4.69, 9.17) is 5.14 Å². The summed E-state index contributed by atoms with van der Waals surface area (Å²) in [4.78, 5) is 10.8. The van der Waals surface area contributed by atoms with E-state index in [1.807, 2.05) is 12.4 Å². The Hall–Kier alpha value is -2.23. The van der Waals surface area contributed by atoms with Gasteiger partial charge in [-0.15, -0.1) is 0 Å². The number of aryl methyl sites for hydroxylation is 2. The number of primary sulfonamides is 1. The summed E-state index contributed by atoms with van der Waals surface area (Å²) in [6.45, 7) is 2.31. The molecule has 2 N–H and O–H groups in total. The number of nitrogens with zero attached hydrogens (tertiary/aromatic N) is 4. The molecule has 0 saturated carbocycles. The molecule has 0 radical (unpaired) electrons. The fourth-order valence-electron chi connectivity index (χ4n) is 3.15. The molecule has 4 rings (SSSR count). The second kappa shape index (κ2) is 6.82. The number of hydrogen-bond acceptors (Lipinski definition) is 6. The van der Waals surface area contributed by atoms with Gasteiger partial charge in [-0.1, -0.05) is 41.7 Å². The third kappa shape index (κ3) is 3.50. The lowest BCUT2D eigenvalue weighted by Gasteiger charge is -2.26. The number of aromatic nitrogens is 3. The fourth-order valence-corrected chi connectivity index (χ4v) is 4.71. The number of fused-ring (bicyclic) bond motifs is 1. The van der Waals surface area contributed by atoms with Gasteiger partial charge < -0.3 is 9.47 Å². The average molecular weight is 390 g/mol. The first-order valence-electron chi connectivity index (χ1n) is 8.31. The van der Waals surface area contributed by atoms with Crippen molar-refractivity contribution < 1.29 is 8.42 Å². The van der Waals surface area contributed by atoms with E-state index in [-0.39, 0.29) is 4.21 Å². The van der Waals surface area contributed by atoms with Crippen molar-refractivity contribution in [1.82, 2.24) is 14.5 Å². The molecular formula is C17H19N5O2S2. The maximum atomic E-state index is 11.4. The zero-order valence-electron chi connectivity index (χ0n) is 14.1. The molecule has 0 bridgehead atoms. The first kappa shape index (κ1) is 17.2. The quantitative estimate of drug-likeness (QED) is 0.718. The van der Waals surface area contributed by atoms with E-state index >= 15 is 0 Å². The molecule has 0 fully saturated rings. The number of rotatable bonds is 5. The Morgan fingerprint density at radius 2 is 2.00 bits per heavy atom. The van der Waals surface area contributed by atoms with Crippen molar-refractivity contribution in [3.8, 4) is 0 Å². The molecule has 3 heterocycles. The van der Waals surface area contributed by atoms with E-state index < -0.39 is 10.0 Å². The van der Waals surface area contributed by atoms with Gasteiger partial charge in [0, 0.05) is 25.2 Å². The number of anilines is 1. The van der Waals surface area contributed by atoms with Gasteiger partial charge in [-0.3, -0.25) is 0 Å². The first-order chi connectivity index (χ1) is 12.5. The molecule has 0 atom stereocenters. The molecule has 0 aliphatic carbocycles. The van der Waals surface area contributed by atoms with Crippen LogP contribution in [0.25, 0.3) is 0 Å². The van der Waals surface area contributed by atoms with Crippen LogP contribution < -0.4 is 10.0 Å². The minimum absolute atomic E-state index is 0.0895. The molecule has 7 nitrogen and oxygen atoms in total. The summed E-state index contributed by atoms with van der Waals surface area (Å²) in [5.74, 6) is 0. The summed E-state index contributed by atoms with van der Waals surface area (Å²) in [5, 5.41) is 5.83. The predicted octanol–water partition coefficient (Wildman–Crippen LogP) is 1.79. The van der Waals surface area contributed by atoms with Crippen LogP contribution in [-0.4, -0.2) is 29.5 Å².